The third-order valence-corrected chi connectivity index (χ3v) is 4.36. The van der Waals surface area contributed by atoms with Gasteiger partial charge in [-0.3, -0.25) is 4.79 Å². The zero-order valence-electron chi connectivity index (χ0n) is 9.48. The van der Waals surface area contributed by atoms with Crippen LogP contribution >= 0.6 is 11.3 Å². The van der Waals surface area contributed by atoms with Gasteiger partial charge in [0.25, 0.3) is 0 Å². The summed E-state index contributed by atoms with van der Waals surface area (Å²) in [7, 11) is 0. The lowest BCUT2D eigenvalue weighted by Gasteiger charge is -2.20. The Morgan fingerprint density at radius 2 is 2.25 bits per heavy atom. The molecule has 1 aromatic heterocycles. The van der Waals surface area contributed by atoms with Gasteiger partial charge in [0.15, 0.2) is 10.9 Å². The number of ketones is 1. The van der Waals surface area contributed by atoms with Gasteiger partial charge in [0.2, 0.25) is 0 Å². The van der Waals surface area contributed by atoms with Gasteiger partial charge in [-0.1, -0.05) is 11.3 Å². The second kappa shape index (κ2) is 3.84. The van der Waals surface area contributed by atoms with E-state index in [0.29, 0.717) is 6.04 Å². The van der Waals surface area contributed by atoms with Crippen molar-refractivity contribution < 1.29 is 4.79 Å². The molecule has 3 rings (SSSR count). The van der Waals surface area contributed by atoms with Crippen LogP contribution in [-0.4, -0.2) is 23.4 Å². The summed E-state index contributed by atoms with van der Waals surface area (Å²) in [5, 5.41) is 1.06. The quantitative estimate of drug-likeness (QED) is 0.737. The molecule has 0 spiro atoms. The second-order valence-corrected chi connectivity index (χ2v) is 5.90. The maximum Gasteiger partial charge on any atom is 0.186 e. The molecule has 2 saturated carbocycles. The highest BCUT2D eigenvalue weighted by Crippen LogP contribution is 2.38. The summed E-state index contributed by atoms with van der Waals surface area (Å²) in [6, 6.07) is 0.701. The van der Waals surface area contributed by atoms with Crippen LogP contribution in [0.15, 0.2) is 6.20 Å². The number of nitrogens with zero attached hydrogens (tertiary/aromatic N) is 2. The fourth-order valence-corrected chi connectivity index (χ4v) is 2.80. The molecular weight excluding hydrogens is 220 g/mol. The van der Waals surface area contributed by atoms with Crippen LogP contribution in [0.1, 0.15) is 42.3 Å². The Balaban J connectivity index is 1.77. The van der Waals surface area contributed by atoms with E-state index in [0.717, 1.165) is 22.5 Å². The predicted octanol–water partition coefficient (Wildman–Crippen LogP) is 2.72. The van der Waals surface area contributed by atoms with E-state index in [1.165, 1.54) is 25.7 Å². The van der Waals surface area contributed by atoms with Crippen LogP contribution in [-0.2, 0) is 0 Å². The second-order valence-electron chi connectivity index (χ2n) is 4.89. The first-order valence-electron chi connectivity index (χ1n) is 5.97. The lowest BCUT2D eigenvalue weighted by atomic mass is 10.4. The Kier molecular flexibility index (Phi) is 2.46. The first kappa shape index (κ1) is 10.3. The van der Waals surface area contributed by atoms with Gasteiger partial charge < -0.3 is 4.90 Å². The molecule has 0 atom stereocenters. The van der Waals surface area contributed by atoms with Gasteiger partial charge >= 0.3 is 0 Å². The Labute approximate surface area is 99.5 Å². The summed E-state index contributed by atoms with van der Waals surface area (Å²) in [6.07, 6.45) is 7.05. The predicted molar refractivity (Wildman–Crippen MR) is 65.2 cm³/mol. The van der Waals surface area contributed by atoms with Gasteiger partial charge in [-0.15, -0.1) is 0 Å². The number of anilines is 1. The average molecular weight is 236 g/mol. The van der Waals surface area contributed by atoms with Gasteiger partial charge in [0.05, 0.1) is 11.1 Å². The zero-order valence-corrected chi connectivity index (χ0v) is 10.3. The molecule has 0 N–H and O–H groups in total. The number of hydrogen-bond donors (Lipinski definition) is 0. The number of hydrogen-bond acceptors (Lipinski definition) is 4. The SMILES string of the molecule is CC(=O)c1cnc(N(CC2CC2)C2CC2)s1. The summed E-state index contributed by atoms with van der Waals surface area (Å²) >= 11 is 1.55. The molecule has 2 fully saturated rings. The molecule has 2 aliphatic carbocycles. The van der Waals surface area contributed by atoms with E-state index in [1.54, 1.807) is 24.5 Å². The van der Waals surface area contributed by atoms with Crippen LogP contribution in [0.25, 0.3) is 0 Å². The Morgan fingerprint density at radius 1 is 1.50 bits per heavy atom. The van der Waals surface area contributed by atoms with Crippen molar-refractivity contribution in [1.82, 2.24) is 4.98 Å². The molecule has 0 amide bonds. The van der Waals surface area contributed by atoms with Crippen molar-refractivity contribution in [3.05, 3.63) is 11.1 Å². The van der Waals surface area contributed by atoms with Crippen molar-refractivity contribution in [2.24, 2.45) is 5.92 Å². The summed E-state index contributed by atoms with van der Waals surface area (Å²) < 4.78 is 0. The molecule has 0 aliphatic heterocycles. The molecule has 4 heteroatoms. The maximum absolute atomic E-state index is 11.3. The van der Waals surface area contributed by atoms with Crippen LogP contribution in [0, 0.1) is 5.92 Å². The van der Waals surface area contributed by atoms with Gasteiger partial charge in [-0.05, 0) is 31.6 Å². The van der Waals surface area contributed by atoms with Crippen LogP contribution in [0.5, 0.6) is 0 Å². The molecule has 1 heterocycles. The number of carbonyl (C=O) groups is 1. The molecule has 1 aromatic rings. The fourth-order valence-electron chi connectivity index (χ4n) is 1.91. The molecule has 0 radical (unpaired) electrons. The molecule has 0 aromatic carbocycles. The molecule has 2 aliphatic rings. The molecule has 0 saturated heterocycles. The van der Waals surface area contributed by atoms with Crippen molar-refractivity contribution in [3.8, 4) is 0 Å². The topological polar surface area (TPSA) is 33.2 Å². The minimum Gasteiger partial charge on any atom is -0.345 e. The van der Waals surface area contributed by atoms with Gasteiger partial charge in [-0.2, -0.15) is 0 Å². The summed E-state index contributed by atoms with van der Waals surface area (Å²) in [5.41, 5.74) is 0. The largest absolute Gasteiger partial charge is 0.345 e. The van der Waals surface area contributed by atoms with Gasteiger partial charge in [-0.25, -0.2) is 4.98 Å². The zero-order chi connectivity index (χ0) is 11.1. The minimum absolute atomic E-state index is 0.130. The Bertz CT molecular complexity index is 407. The summed E-state index contributed by atoms with van der Waals surface area (Å²) in [6.45, 7) is 2.76. The van der Waals surface area contributed by atoms with Crippen molar-refractivity contribution in [1.29, 1.82) is 0 Å². The molecule has 3 nitrogen and oxygen atoms in total. The Morgan fingerprint density at radius 3 is 2.75 bits per heavy atom. The normalized spacial score (nSPS) is 19.8. The number of thiazole rings is 1. The van der Waals surface area contributed by atoms with Crippen LogP contribution in [0.2, 0.25) is 0 Å². The van der Waals surface area contributed by atoms with Crippen molar-refractivity contribution in [2.45, 2.75) is 38.6 Å². The maximum atomic E-state index is 11.3. The van der Waals surface area contributed by atoms with Gasteiger partial charge in [0.1, 0.15) is 0 Å². The number of aromatic nitrogens is 1. The summed E-state index contributed by atoms with van der Waals surface area (Å²) in [5.74, 6) is 1.01. The van der Waals surface area contributed by atoms with E-state index < -0.39 is 0 Å². The third-order valence-electron chi connectivity index (χ3n) is 3.23. The molecule has 0 unspecified atom stereocenters. The fraction of sp³-hybridized carbons (Fsp3) is 0.667. The van der Waals surface area contributed by atoms with Crippen molar-refractivity contribution in [2.75, 3.05) is 11.4 Å². The van der Waals surface area contributed by atoms with Crippen LogP contribution < -0.4 is 4.90 Å². The molecular formula is C12H16N2OS. The van der Waals surface area contributed by atoms with Crippen molar-refractivity contribution in [3.63, 3.8) is 0 Å². The van der Waals surface area contributed by atoms with Crippen molar-refractivity contribution >= 4 is 22.3 Å². The average Bonchev–Trinajstić information content (AvgIpc) is 3.14. The first-order valence-corrected chi connectivity index (χ1v) is 6.79. The molecule has 86 valence electrons. The van der Waals surface area contributed by atoms with Crippen LogP contribution in [0.3, 0.4) is 0 Å². The number of Topliss-reactive ketones (excluding diaryl/α,β-unsaturated/α-hetero) is 1. The standard InChI is InChI=1S/C12H16N2OS/c1-8(15)11-6-13-12(16-11)14(10-4-5-10)7-9-2-3-9/h6,9-10H,2-5,7H2,1H3. The lowest BCUT2D eigenvalue weighted by molar-refractivity contribution is 0.102. The summed E-state index contributed by atoms with van der Waals surface area (Å²) in [4.78, 5) is 18.9. The van der Waals surface area contributed by atoms with E-state index in [4.69, 9.17) is 0 Å². The highest BCUT2D eigenvalue weighted by atomic mass is 32.1. The number of rotatable bonds is 5. The lowest BCUT2D eigenvalue weighted by Crippen LogP contribution is -2.27. The highest BCUT2D eigenvalue weighted by Gasteiger charge is 2.35. The first-order chi connectivity index (χ1) is 7.74. The van der Waals surface area contributed by atoms with E-state index >= 15 is 0 Å². The third kappa shape index (κ3) is 2.12. The number of carbonyl (C=O) groups excluding carboxylic acids is 1. The van der Waals surface area contributed by atoms with Crippen LogP contribution in [0.4, 0.5) is 5.13 Å². The monoisotopic (exact) mass is 236 g/mol. The Hall–Kier alpha value is -0.900. The smallest absolute Gasteiger partial charge is 0.186 e. The molecule has 16 heavy (non-hydrogen) atoms. The minimum atomic E-state index is 0.130. The molecule has 0 bridgehead atoms. The van der Waals surface area contributed by atoms with E-state index in [9.17, 15) is 4.79 Å². The van der Waals surface area contributed by atoms with E-state index in [1.807, 2.05) is 0 Å². The van der Waals surface area contributed by atoms with E-state index in [2.05, 4.69) is 9.88 Å². The van der Waals surface area contributed by atoms with E-state index in [-0.39, 0.29) is 5.78 Å². The highest BCUT2D eigenvalue weighted by molar-refractivity contribution is 7.17. The van der Waals surface area contributed by atoms with Gasteiger partial charge in [0, 0.05) is 19.5 Å².